The molecule has 6 heteroatoms. The number of halogens is 1. The van der Waals surface area contributed by atoms with Crippen molar-refractivity contribution in [2.24, 2.45) is 0 Å². The largest absolute Gasteiger partial charge is 0.489 e. The normalized spacial score (nSPS) is 14.3. The lowest BCUT2D eigenvalue weighted by molar-refractivity contribution is 0.0635. The van der Waals surface area contributed by atoms with E-state index < -0.39 is 11.7 Å². The molecule has 0 aromatic carbocycles. The van der Waals surface area contributed by atoms with Crippen molar-refractivity contribution in [2.75, 3.05) is 11.9 Å². The van der Waals surface area contributed by atoms with E-state index in [2.05, 4.69) is 32.9 Å². The molecule has 0 spiro atoms. The van der Waals surface area contributed by atoms with Crippen LogP contribution in [-0.2, 0) is 11.2 Å². The molecule has 0 unspecified atom stereocenters. The van der Waals surface area contributed by atoms with Crippen molar-refractivity contribution in [3.63, 3.8) is 0 Å². The van der Waals surface area contributed by atoms with Crippen LogP contribution in [-0.4, -0.2) is 23.3 Å². The molecule has 0 saturated heterocycles. The van der Waals surface area contributed by atoms with Gasteiger partial charge in [-0.1, -0.05) is 0 Å². The molecule has 0 bridgehead atoms. The van der Waals surface area contributed by atoms with E-state index >= 15 is 0 Å². The number of ether oxygens (including phenoxy) is 2. The Balaban J connectivity index is 2.20. The van der Waals surface area contributed by atoms with Gasteiger partial charge in [0, 0.05) is 0 Å². The molecule has 0 saturated carbocycles. The van der Waals surface area contributed by atoms with Crippen LogP contribution in [0.15, 0.2) is 6.07 Å². The van der Waals surface area contributed by atoms with Crippen molar-refractivity contribution >= 4 is 34.4 Å². The van der Waals surface area contributed by atoms with Crippen molar-refractivity contribution in [3.05, 3.63) is 15.5 Å². The standard InChI is InChI=1S/C13H17IN2O3/c1-13(2,3)19-12(17)16-9-7-10(14)15-8-5-4-6-18-11(8)9/h7H,4-6H2,1-3H3,(H,15,16,17). The highest BCUT2D eigenvalue weighted by atomic mass is 127. The van der Waals surface area contributed by atoms with E-state index in [0.717, 1.165) is 22.2 Å². The van der Waals surface area contributed by atoms with Crippen LogP contribution in [0.2, 0.25) is 0 Å². The van der Waals surface area contributed by atoms with Gasteiger partial charge in [0.05, 0.1) is 18.0 Å². The minimum Gasteiger partial charge on any atom is -0.489 e. The Morgan fingerprint density at radius 3 is 2.95 bits per heavy atom. The molecule has 0 radical (unpaired) electrons. The summed E-state index contributed by atoms with van der Waals surface area (Å²) in [6.45, 7) is 6.14. The summed E-state index contributed by atoms with van der Waals surface area (Å²) in [6, 6.07) is 1.79. The van der Waals surface area contributed by atoms with Gasteiger partial charge in [0.25, 0.3) is 0 Å². The summed E-state index contributed by atoms with van der Waals surface area (Å²) in [4.78, 5) is 16.2. The first-order valence-electron chi connectivity index (χ1n) is 6.17. The number of rotatable bonds is 1. The maximum Gasteiger partial charge on any atom is 0.412 e. The summed E-state index contributed by atoms with van der Waals surface area (Å²) < 4.78 is 11.7. The Morgan fingerprint density at radius 1 is 1.53 bits per heavy atom. The molecule has 19 heavy (non-hydrogen) atoms. The Kier molecular flexibility index (Phi) is 4.17. The number of nitrogens with one attached hydrogen (secondary N) is 1. The van der Waals surface area contributed by atoms with E-state index in [-0.39, 0.29) is 0 Å². The monoisotopic (exact) mass is 376 g/mol. The number of carbonyl (C=O) groups excluding carboxylic acids is 1. The second-order valence-electron chi connectivity index (χ2n) is 5.35. The van der Waals surface area contributed by atoms with Crippen LogP contribution < -0.4 is 10.1 Å². The van der Waals surface area contributed by atoms with E-state index in [9.17, 15) is 4.79 Å². The zero-order valence-corrected chi connectivity index (χ0v) is 13.4. The SMILES string of the molecule is CC(C)(C)OC(=O)Nc1cc(I)nc2c1OCCC2. The zero-order chi connectivity index (χ0) is 14.0. The van der Waals surface area contributed by atoms with Gasteiger partial charge in [0.2, 0.25) is 0 Å². The van der Waals surface area contributed by atoms with Crippen LogP contribution in [0.3, 0.4) is 0 Å². The average molecular weight is 376 g/mol. The van der Waals surface area contributed by atoms with Gasteiger partial charge in [0.1, 0.15) is 9.30 Å². The molecule has 0 atom stereocenters. The quantitative estimate of drug-likeness (QED) is 0.603. The zero-order valence-electron chi connectivity index (χ0n) is 11.2. The Bertz CT molecular complexity index is 497. The fraction of sp³-hybridized carbons (Fsp3) is 0.538. The lowest BCUT2D eigenvalue weighted by Gasteiger charge is -2.22. The van der Waals surface area contributed by atoms with Crippen molar-refractivity contribution in [1.29, 1.82) is 0 Å². The Morgan fingerprint density at radius 2 is 2.26 bits per heavy atom. The van der Waals surface area contributed by atoms with Crippen LogP contribution in [0.4, 0.5) is 10.5 Å². The van der Waals surface area contributed by atoms with E-state index in [4.69, 9.17) is 9.47 Å². The number of aromatic nitrogens is 1. The molecule has 104 valence electrons. The smallest absolute Gasteiger partial charge is 0.412 e. The van der Waals surface area contributed by atoms with E-state index in [1.165, 1.54) is 0 Å². The van der Waals surface area contributed by atoms with Gasteiger partial charge in [-0.25, -0.2) is 9.78 Å². The van der Waals surface area contributed by atoms with Gasteiger partial charge in [-0.05, 0) is 62.3 Å². The molecule has 1 aliphatic rings. The number of pyridine rings is 1. The average Bonchev–Trinajstić information content (AvgIpc) is 2.25. The van der Waals surface area contributed by atoms with Crippen LogP contribution in [0.25, 0.3) is 0 Å². The molecule has 1 aliphatic heterocycles. The fourth-order valence-corrected chi connectivity index (χ4v) is 2.41. The second-order valence-corrected chi connectivity index (χ2v) is 6.45. The lowest BCUT2D eigenvalue weighted by Crippen LogP contribution is -2.27. The molecular formula is C13H17IN2O3. The first-order valence-corrected chi connectivity index (χ1v) is 7.25. The van der Waals surface area contributed by atoms with Crippen LogP contribution in [0.5, 0.6) is 5.75 Å². The second kappa shape index (κ2) is 5.52. The third kappa shape index (κ3) is 3.95. The molecule has 0 fully saturated rings. The Labute approximate surface area is 126 Å². The summed E-state index contributed by atoms with van der Waals surface area (Å²) in [5, 5.41) is 2.74. The number of carbonyl (C=O) groups is 1. The highest BCUT2D eigenvalue weighted by Crippen LogP contribution is 2.33. The van der Waals surface area contributed by atoms with Crippen molar-refractivity contribution < 1.29 is 14.3 Å². The third-order valence-corrected chi connectivity index (χ3v) is 3.00. The summed E-state index contributed by atoms with van der Waals surface area (Å²) in [7, 11) is 0. The summed E-state index contributed by atoms with van der Waals surface area (Å²) >= 11 is 2.13. The van der Waals surface area contributed by atoms with Crippen LogP contribution >= 0.6 is 22.6 Å². The maximum absolute atomic E-state index is 11.8. The topological polar surface area (TPSA) is 60.5 Å². The minimum absolute atomic E-state index is 0.481. The van der Waals surface area contributed by atoms with Crippen molar-refractivity contribution in [1.82, 2.24) is 4.98 Å². The molecule has 0 aliphatic carbocycles. The van der Waals surface area contributed by atoms with Gasteiger partial charge in [0.15, 0.2) is 5.75 Å². The number of hydrogen-bond acceptors (Lipinski definition) is 4. The van der Waals surface area contributed by atoms with E-state index in [1.807, 2.05) is 20.8 Å². The molecule has 1 aromatic heterocycles. The predicted molar refractivity (Wildman–Crippen MR) is 80.6 cm³/mol. The third-order valence-electron chi connectivity index (χ3n) is 2.45. The summed E-state index contributed by atoms with van der Waals surface area (Å²) in [6.07, 6.45) is 1.34. The van der Waals surface area contributed by atoms with Gasteiger partial charge >= 0.3 is 6.09 Å². The number of anilines is 1. The Hall–Kier alpha value is -1.05. The van der Waals surface area contributed by atoms with Crippen molar-refractivity contribution in [2.45, 2.75) is 39.2 Å². The lowest BCUT2D eigenvalue weighted by atomic mass is 10.1. The van der Waals surface area contributed by atoms with E-state index in [1.54, 1.807) is 6.07 Å². The van der Waals surface area contributed by atoms with Gasteiger partial charge < -0.3 is 9.47 Å². The van der Waals surface area contributed by atoms with Gasteiger partial charge in [-0.2, -0.15) is 0 Å². The first kappa shape index (κ1) is 14.4. The number of nitrogens with zero attached hydrogens (tertiary/aromatic N) is 1. The van der Waals surface area contributed by atoms with Crippen LogP contribution in [0.1, 0.15) is 32.9 Å². The predicted octanol–water partition coefficient (Wildman–Crippen LogP) is 3.36. The van der Waals surface area contributed by atoms with E-state index in [0.29, 0.717) is 18.0 Å². The van der Waals surface area contributed by atoms with Crippen LogP contribution in [0, 0.1) is 3.70 Å². The van der Waals surface area contributed by atoms with Gasteiger partial charge in [-0.15, -0.1) is 0 Å². The summed E-state index contributed by atoms with van der Waals surface area (Å²) in [5.41, 5.74) is 0.998. The number of fused-ring (bicyclic) bond motifs is 1. The minimum atomic E-state index is -0.523. The summed E-state index contributed by atoms with van der Waals surface area (Å²) in [5.74, 6) is 0.664. The molecule has 5 nitrogen and oxygen atoms in total. The molecular weight excluding hydrogens is 359 g/mol. The number of hydrogen-bond donors (Lipinski definition) is 1. The highest BCUT2D eigenvalue weighted by Gasteiger charge is 2.21. The first-order chi connectivity index (χ1) is 8.85. The highest BCUT2D eigenvalue weighted by molar-refractivity contribution is 14.1. The molecule has 1 N–H and O–H groups in total. The van der Waals surface area contributed by atoms with Gasteiger partial charge in [-0.3, -0.25) is 5.32 Å². The molecule has 2 rings (SSSR count). The number of aryl methyl sites for hydroxylation is 1. The fourth-order valence-electron chi connectivity index (χ4n) is 1.80. The molecule has 1 amide bonds. The molecule has 1 aromatic rings. The van der Waals surface area contributed by atoms with Crippen molar-refractivity contribution in [3.8, 4) is 5.75 Å². The molecule has 2 heterocycles. The maximum atomic E-state index is 11.8. The number of amides is 1.